The summed E-state index contributed by atoms with van der Waals surface area (Å²) in [6.45, 7) is 6.93. The van der Waals surface area contributed by atoms with E-state index in [2.05, 4.69) is 127 Å². The van der Waals surface area contributed by atoms with Crippen LogP contribution >= 0.6 is 0 Å². The number of hydrogen-bond acceptors (Lipinski definition) is 1. The Morgan fingerprint density at radius 2 is 1.27 bits per heavy atom. The Labute approximate surface area is 370 Å². The molecule has 0 radical (unpaired) electrons. The summed E-state index contributed by atoms with van der Waals surface area (Å²) in [7, 11) is 0. The van der Waals surface area contributed by atoms with Crippen molar-refractivity contribution >= 4 is 72.6 Å². The van der Waals surface area contributed by atoms with Gasteiger partial charge < -0.3 is 13.5 Å². The molecule has 3 nitrogen and oxygen atoms in total. The monoisotopic (exact) mass is 818 g/mol. The third-order valence-corrected chi connectivity index (χ3v) is 18.4. The highest BCUT2D eigenvalue weighted by Crippen LogP contribution is 2.55. The minimum Gasteiger partial charge on any atom is -0.454 e. The minimum atomic E-state index is 0.0359. The fraction of sp³-hybridized carbons (Fsp3) is 0.356. The van der Waals surface area contributed by atoms with E-state index in [-0.39, 0.29) is 12.3 Å². The van der Waals surface area contributed by atoms with E-state index in [1.807, 2.05) is 0 Å². The van der Waals surface area contributed by atoms with Crippen LogP contribution in [0.2, 0.25) is 0 Å². The third-order valence-electron chi connectivity index (χ3n) is 18.4. The van der Waals surface area contributed by atoms with Gasteiger partial charge in [-0.05, 0) is 186 Å². The molecule has 0 atom stereocenters. The Balaban J connectivity index is 1.11. The Morgan fingerprint density at radius 1 is 0.587 bits per heavy atom. The first-order valence-electron chi connectivity index (χ1n) is 24.7. The second-order valence-corrected chi connectivity index (χ2v) is 21.8. The van der Waals surface area contributed by atoms with Crippen molar-refractivity contribution in [2.24, 2.45) is 11.8 Å². The Bertz CT molecular complexity index is 3460. The molecule has 4 saturated carbocycles. The highest BCUT2D eigenvalue weighted by Gasteiger charge is 2.46. The van der Waals surface area contributed by atoms with Crippen molar-refractivity contribution in [1.82, 2.24) is 9.05 Å². The summed E-state index contributed by atoms with van der Waals surface area (Å²) >= 11 is 0. The van der Waals surface area contributed by atoms with Crippen LogP contribution in [0.4, 0.5) is 0 Å². The maximum absolute atomic E-state index is 6.90. The van der Waals surface area contributed by atoms with E-state index in [0.717, 1.165) is 23.0 Å². The van der Waals surface area contributed by atoms with Crippen molar-refractivity contribution in [3.8, 4) is 27.9 Å². The smallest absolute Gasteiger partial charge is 0.333 e. The molecule has 5 heterocycles. The Hall–Kier alpha value is -5.48. The van der Waals surface area contributed by atoms with Crippen molar-refractivity contribution < 1.29 is 4.42 Å². The summed E-state index contributed by atoms with van der Waals surface area (Å²) in [6.07, 6.45) is 19.3. The predicted molar refractivity (Wildman–Crippen MR) is 264 cm³/mol. The molecule has 4 aliphatic carbocycles. The molecule has 0 amide bonds. The van der Waals surface area contributed by atoms with Crippen LogP contribution in [0.3, 0.4) is 0 Å². The van der Waals surface area contributed by atoms with Crippen LogP contribution < -0.4 is 10.9 Å². The first-order chi connectivity index (χ1) is 30.9. The molecule has 310 valence electrons. The zero-order valence-corrected chi connectivity index (χ0v) is 37.2. The summed E-state index contributed by atoms with van der Waals surface area (Å²) in [4.78, 5) is 0. The van der Waals surface area contributed by atoms with Gasteiger partial charge in [-0.3, -0.25) is 0 Å². The van der Waals surface area contributed by atoms with E-state index in [4.69, 9.17) is 4.42 Å². The lowest BCUT2D eigenvalue weighted by molar-refractivity contribution is 0.149. The van der Waals surface area contributed by atoms with Crippen LogP contribution in [0.5, 0.6) is 0 Å². The Morgan fingerprint density at radius 3 is 2.02 bits per heavy atom. The number of aryl methyl sites for hydroxylation is 3. The average molecular weight is 819 g/mol. The second-order valence-electron chi connectivity index (χ2n) is 21.8. The zero-order chi connectivity index (χ0) is 41.5. The highest BCUT2D eigenvalue weighted by molar-refractivity contribution is 6.90. The molecule has 0 saturated heterocycles. The van der Waals surface area contributed by atoms with Crippen molar-refractivity contribution in [2.75, 3.05) is 0 Å². The first kappa shape index (κ1) is 35.9. The van der Waals surface area contributed by atoms with Crippen LogP contribution in [0.25, 0.3) is 82.7 Å². The number of aromatic nitrogens is 2. The molecule has 4 fully saturated rings. The van der Waals surface area contributed by atoms with Gasteiger partial charge in [0.15, 0.2) is 5.58 Å². The summed E-state index contributed by atoms with van der Waals surface area (Å²) in [5.41, 5.74) is 24.8. The van der Waals surface area contributed by atoms with Crippen LogP contribution in [-0.4, -0.2) is 15.9 Å². The van der Waals surface area contributed by atoms with Gasteiger partial charge in [-0.25, -0.2) is 0 Å². The van der Waals surface area contributed by atoms with Gasteiger partial charge in [-0.1, -0.05) is 99.4 Å². The molecule has 6 aliphatic rings. The van der Waals surface area contributed by atoms with Gasteiger partial charge in [0, 0.05) is 43.8 Å². The van der Waals surface area contributed by atoms with E-state index < -0.39 is 0 Å². The second kappa shape index (κ2) is 12.4. The highest BCUT2D eigenvalue weighted by atomic mass is 16.3. The molecule has 0 unspecified atom stereocenters. The van der Waals surface area contributed by atoms with Crippen molar-refractivity contribution in [1.29, 1.82) is 0 Å². The molecule has 4 heteroatoms. The maximum atomic E-state index is 6.90. The van der Waals surface area contributed by atoms with E-state index in [0.29, 0.717) is 5.41 Å². The molecule has 2 aliphatic heterocycles. The molecule has 0 spiro atoms. The van der Waals surface area contributed by atoms with Gasteiger partial charge in [0.05, 0.1) is 5.52 Å². The molecule has 3 aromatic heterocycles. The summed E-state index contributed by atoms with van der Waals surface area (Å²) in [5, 5.41) is 5.38. The number of fused-ring (bicyclic) bond motifs is 16. The summed E-state index contributed by atoms with van der Waals surface area (Å²) in [5.74, 6) is 1.76. The number of hydrogen-bond donors (Lipinski definition) is 0. The van der Waals surface area contributed by atoms with Crippen molar-refractivity contribution in [2.45, 2.75) is 121 Å². The fourth-order valence-electron chi connectivity index (χ4n) is 16.0. The number of rotatable bonds is 3. The lowest BCUT2D eigenvalue weighted by Crippen LogP contribution is -2.55. The maximum Gasteiger partial charge on any atom is 0.333 e. The SMILES string of the molecule is Cc1cc(C)c(-c2cc3c4c(c2)-n2c5c(cccc5c5oc6ccccc6c52)B4n2c4ccc(C56CCCC(CCC5)C6)cc4c4cc(C56CCCC(CCC5)C6)cc-3c42)c(C)c1. The van der Waals surface area contributed by atoms with Gasteiger partial charge in [0.2, 0.25) is 0 Å². The average Bonchev–Trinajstić information content (AvgIpc) is 3.94. The van der Waals surface area contributed by atoms with Crippen LogP contribution in [0, 0.1) is 32.6 Å². The predicted octanol–water partition coefficient (Wildman–Crippen LogP) is 14.4. The molecule has 15 rings (SSSR count). The number of para-hydroxylation sites is 2. The van der Waals surface area contributed by atoms with Crippen molar-refractivity contribution in [3.05, 3.63) is 125 Å². The van der Waals surface area contributed by atoms with Gasteiger partial charge in [0.1, 0.15) is 11.1 Å². The van der Waals surface area contributed by atoms with Crippen LogP contribution in [-0.2, 0) is 10.8 Å². The summed E-state index contributed by atoms with van der Waals surface area (Å²) < 4.78 is 12.4. The normalized spacial score (nSPS) is 24.6. The van der Waals surface area contributed by atoms with Gasteiger partial charge in [-0.2, -0.15) is 0 Å². The first-order valence-corrected chi connectivity index (χ1v) is 24.7. The molecule has 6 aromatic carbocycles. The van der Waals surface area contributed by atoms with E-state index in [1.54, 1.807) is 11.1 Å². The van der Waals surface area contributed by atoms with Gasteiger partial charge in [0.25, 0.3) is 0 Å². The van der Waals surface area contributed by atoms with Gasteiger partial charge in [-0.15, -0.1) is 0 Å². The Kier molecular flexibility index (Phi) is 7.07. The third kappa shape index (κ3) is 4.63. The van der Waals surface area contributed by atoms with Gasteiger partial charge >= 0.3 is 6.85 Å². The zero-order valence-electron chi connectivity index (χ0n) is 37.2. The van der Waals surface area contributed by atoms with Crippen LogP contribution in [0.1, 0.15) is 118 Å². The molecule has 4 bridgehead atoms. The fourth-order valence-corrected chi connectivity index (χ4v) is 16.0. The van der Waals surface area contributed by atoms with E-state index in [9.17, 15) is 0 Å². The number of benzene rings is 6. The number of furan rings is 1. The lowest BCUT2D eigenvalue weighted by atomic mass is 9.45. The molecular weight excluding hydrogens is 763 g/mol. The quantitative estimate of drug-likeness (QED) is 0.163. The standard InChI is InChI=1S/C59H55BN2O/c1-34-25-35(2)52(36(3)26-34)39-27-45-47-31-41(59-23-9-13-38(33-59)14-10-24-59)30-46-44-29-40(58-21-7-11-37(32-58)12-8-22-58)19-20-49(44)62(54(46)47)60-48-17-6-16-43-55(48)61(50(28-39)53(45)60)56-42-15-4-5-18-51(42)63-57(43)56/h4-6,15-20,25-31,37-38H,7-14,21-24,32-33H2,1-3H3. The minimum absolute atomic E-state index is 0.0359. The number of nitrogens with zero attached hydrogens (tertiary/aromatic N) is 2. The largest absolute Gasteiger partial charge is 0.454 e. The lowest BCUT2D eigenvalue weighted by Gasteiger charge is -2.46. The molecule has 9 aromatic rings. The summed E-state index contributed by atoms with van der Waals surface area (Å²) in [6, 6.07) is 39.1. The molecule has 0 N–H and O–H groups in total. The molecular formula is C59H55BN2O. The molecule has 63 heavy (non-hydrogen) atoms. The topological polar surface area (TPSA) is 23.0 Å². The van der Waals surface area contributed by atoms with Crippen LogP contribution in [0.15, 0.2) is 101 Å². The van der Waals surface area contributed by atoms with E-state index in [1.165, 1.54) is 189 Å². The van der Waals surface area contributed by atoms with Crippen molar-refractivity contribution in [3.63, 3.8) is 0 Å². The van der Waals surface area contributed by atoms with E-state index >= 15 is 0 Å².